The summed E-state index contributed by atoms with van der Waals surface area (Å²) in [6, 6.07) is 8.62. The molecule has 0 saturated heterocycles. The van der Waals surface area contributed by atoms with Crippen LogP contribution in [0.5, 0.6) is 11.5 Å². The van der Waals surface area contributed by atoms with Crippen molar-refractivity contribution >= 4 is 0 Å². The van der Waals surface area contributed by atoms with E-state index < -0.39 is 0 Å². The molecule has 3 nitrogen and oxygen atoms in total. The lowest BCUT2D eigenvalue weighted by Crippen LogP contribution is -2.32. The average Bonchev–Trinajstić information content (AvgIpc) is 3.19. The number of benzene rings is 1. The summed E-state index contributed by atoms with van der Waals surface area (Å²) < 4.78 is 11.5. The van der Waals surface area contributed by atoms with E-state index in [1.54, 1.807) is 0 Å². The third-order valence-electron chi connectivity index (χ3n) is 3.09. The van der Waals surface area contributed by atoms with Gasteiger partial charge in [-0.1, -0.05) is 13.0 Å². The Kier molecular flexibility index (Phi) is 4.88. The van der Waals surface area contributed by atoms with E-state index in [4.69, 9.17) is 9.47 Å². The summed E-state index contributed by atoms with van der Waals surface area (Å²) in [5.41, 5.74) is 0. The lowest BCUT2D eigenvalue weighted by Gasteiger charge is -2.18. The molecule has 1 aliphatic rings. The fourth-order valence-electron chi connectivity index (χ4n) is 1.85. The van der Waals surface area contributed by atoms with Gasteiger partial charge < -0.3 is 14.8 Å². The molecule has 1 aromatic carbocycles. The summed E-state index contributed by atoms with van der Waals surface area (Å²) in [6.45, 7) is 5.76. The first-order valence-corrected chi connectivity index (χ1v) is 6.94. The molecule has 0 spiro atoms. The topological polar surface area (TPSA) is 30.5 Å². The zero-order valence-electron chi connectivity index (χ0n) is 11.3. The molecule has 0 heterocycles. The van der Waals surface area contributed by atoms with Gasteiger partial charge in [-0.2, -0.15) is 0 Å². The van der Waals surface area contributed by atoms with Gasteiger partial charge in [0.2, 0.25) is 0 Å². The number of rotatable bonds is 8. The summed E-state index contributed by atoms with van der Waals surface area (Å²) in [5.74, 6) is 1.77. The fourth-order valence-corrected chi connectivity index (χ4v) is 1.85. The van der Waals surface area contributed by atoms with Crippen LogP contribution < -0.4 is 14.8 Å². The Morgan fingerprint density at radius 1 is 1.28 bits per heavy atom. The van der Waals surface area contributed by atoms with Crippen LogP contribution in [0.3, 0.4) is 0 Å². The predicted molar refractivity (Wildman–Crippen MR) is 73.3 cm³/mol. The third kappa shape index (κ3) is 4.22. The lowest BCUT2D eigenvalue weighted by atomic mass is 10.2. The molecule has 18 heavy (non-hydrogen) atoms. The van der Waals surface area contributed by atoms with E-state index in [0.717, 1.165) is 30.5 Å². The smallest absolute Gasteiger partial charge is 0.123 e. The van der Waals surface area contributed by atoms with Gasteiger partial charge in [-0.05, 0) is 38.3 Å². The van der Waals surface area contributed by atoms with Crippen molar-refractivity contribution in [3.63, 3.8) is 0 Å². The molecule has 1 aromatic rings. The average molecular weight is 249 g/mol. The van der Waals surface area contributed by atoms with Gasteiger partial charge in [0.15, 0.2) is 0 Å². The van der Waals surface area contributed by atoms with E-state index in [1.165, 1.54) is 12.8 Å². The molecule has 1 fully saturated rings. The first-order chi connectivity index (χ1) is 8.81. The van der Waals surface area contributed by atoms with Crippen molar-refractivity contribution in [2.75, 3.05) is 13.2 Å². The van der Waals surface area contributed by atoms with Crippen LogP contribution in [0, 0.1) is 0 Å². The zero-order valence-corrected chi connectivity index (χ0v) is 11.3. The molecular weight excluding hydrogens is 226 g/mol. The van der Waals surface area contributed by atoms with Crippen LogP contribution in [-0.4, -0.2) is 25.3 Å². The second kappa shape index (κ2) is 6.64. The van der Waals surface area contributed by atoms with E-state index in [1.807, 2.05) is 31.2 Å². The minimum absolute atomic E-state index is 0.238. The van der Waals surface area contributed by atoms with Crippen molar-refractivity contribution in [1.82, 2.24) is 5.32 Å². The molecule has 1 aliphatic carbocycles. The number of hydrogen-bond acceptors (Lipinski definition) is 3. The minimum atomic E-state index is 0.238. The van der Waals surface area contributed by atoms with E-state index in [2.05, 4.69) is 12.2 Å². The molecular formula is C15H23NO2. The van der Waals surface area contributed by atoms with Gasteiger partial charge in [0.1, 0.15) is 17.6 Å². The molecule has 0 amide bonds. The number of nitrogens with one attached hydrogen (secondary N) is 1. The zero-order chi connectivity index (χ0) is 12.8. The molecule has 0 aliphatic heterocycles. The highest BCUT2D eigenvalue weighted by Gasteiger charge is 2.21. The van der Waals surface area contributed by atoms with Gasteiger partial charge in [-0.3, -0.25) is 0 Å². The maximum absolute atomic E-state index is 5.99. The van der Waals surface area contributed by atoms with Crippen molar-refractivity contribution in [3.8, 4) is 11.5 Å². The van der Waals surface area contributed by atoms with Crippen LogP contribution in [-0.2, 0) is 0 Å². The van der Waals surface area contributed by atoms with E-state index in [0.29, 0.717) is 6.61 Å². The molecule has 3 heteroatoms. The van der Waals surface area contributed by atoms with Crippen molar-refractivity contribution in [1.29, 1.82) is 0 Å². The van der Waals surface area contributed by atoms with Crippen LogP contribution in [0.1, 0.15) is 33.1 Å². The van der Waals surface area contributed by atoms with Crippen molar-refractivity contribution in [2.45, 2.75) is 45.3 Å². The van der Waals surface area contributed by atoms with Crippen LogP contribution in [0.15, 0.2) is 24.3 Å². The highest BCUT2D eigenvalue weighted by atomic mass is 16.5. The lowest BCUT2D eigenvalue weighted by molar-refractivity contribution is 0.192. The van der Waals surface area contributed by atoms with E-state index >= 15 is 0 Å². The van der Waals surface area contributed by atoms with Crippen LogP contribution in [0.4, 0.5) is 0 Å². The third-order valence-corrected chi connectivity index (χ3v) is 3.09. The molecule has 1 saturated carbocycles. The summed E-state index contributed by atoms with van der Waals surface area (Å²) in [5, 5.41) is 3.51. The van der Waals surface area contributed by atoms with Crippen molar-refractivity contribution < 1.29 is 9.47 Å². The largest absolute Gasteiger partial charge is 0.494 e. The molecule has 1 atom stereocenters. The van der Waals surface area contributed by atoms with Gasteiger partial charge in [-0.15, -0.1) is 0 Å². The highest BCUT2D eigenvalue weighted by molar-refractivity contribution is 5.33. The van der Waals surface area contributed by atoms with Crippen molar-refractivity contribution in [2.24, 2.45) is 0 Å². The van der Waals surface area contributed by atoms with Crippen LogP contribution in [0.25, 0.3) is 0 Å². The SMILES string of the molecule is CCOc1cccc(OC(CC)CNC2CC2)c1. The Balaban J connectivity index is 1.86. The number of ether oxygens (including phenoxy) is 2. The normalized spacial score (nSPS) is 16.3. The Morgan fingerprint density at radius 2 is 2.06 bits per heavy atom. The maximum atomic E-state index is 5.99. The summed E-state index contributed by atoms with van der Waals surface area (Å²) in [7, 11) is 0. The molecule has 1 unspecified atom stereocenters. The second-order valence-corrected chi connectivity index (χ2v) is 4.74. The fraction of sp³-hybridized carbons (Fsp3) is 0.600. The molecule has 0 aromatic heterocycles. The van der Waals surface area contributed by atoms with Crippen LogP contribution in [0.2, 0.25) is 0 Å². The maximum Gasteiger partial charge on any atom is 0.123 e. The Morgan fingerprint density at radius 3 is 2.72 bits per heavy atom. The molecule has 0 radical (unpaired) electrons. The molecule has 100 valence electrons. The number of hydrogen-bond donors (Lipinski definition) is 1. The van der Waals surface area contributed by atoms with Gasteiger partial charge in [-0.25, -0.2) is 0 Å². The van der Waals surface area contributed by atoms with Gasteiger partial charge in [0.25, 0.3) is 0 Å². The standard InChI is InChI=1S/C15H23NO2/c1-3-13(11-16-12-8-9-12)18-15-7-5-6-14(10-15)17-4-2/h5-7,10,12-13,16H,3-4,8-9,11H2,1-2H3. The van der Waals surface area contributed by atoms with Gasteiger partial charge in [0.05, 0.1) is 6.61 Å². The molecule has 2 rings (SSSR count). The molecule has 1 N–H and O–H groups in total. The minimum Gasteiger partial charge on any atom is -0.494 e. The van der Waals surface area contributed by atoms with Crippen molar-refractivity contribution in [3.05, 3.63) is 24.3 Å². The van der Waals surface area contributed by atoms with Gasteiger partial charge in [0, 0.05) is 18.7 Å². The monoisotopic (exact) mass is 249 g/mol. The second-order valence-electron chi connectivity index (χ2n) is 4.74. The first kappa shape index (κ1) is 13.2. The summed E-state index contributed by atoms with van der Waals surface area (Å²) in [6.07, 6.45) is 3.88. The van der Waals surface area contributed by atoms with Gasteiger partial charge >= 0.3 is 0 Å². The van der Waals surface area contributed by atoms with E-state index in [9.17, 15) is 0 Å². The Bertz CT molecular complexity index is 363. The Labute approximate surface area is 109 Å². The summed E-state index contributed by atoms with van der Waals surface area (Å²) >= 11 is 0. The highest BCUT2D eigenvalue weighted by Crippen LogP contribution is 2.22. The van der Waals surface area contributed by atoms with E-state index in [-0.39, 0.29) is 6.10 Å². The van der Waals surface area contributed by atoms with Crippen LogP contribution >= 0.6 is 0 Å². The Hall–Kier alpha value is -1.22. The quantitative estimate of drug-likeness (QED) is 0.768. The molecule has 0 bridgehead atoms. The first-order valence-electron chi connectivity index (χ1n) is 6.94. The summed E-state index contributed by atoms with van der Waals surface area (Å²) in [4.78, 5) is 0. The predicted octanol–water partition coefficient (Wildman–Crippen LogP) is 2.99.